The van der Waals surface area contributed by atoms with Crippen LogP contribution < -0.4 is 0 Å². The molecule has 0 radical (unpaired) electrons. The number of carbonyl (C=O) groups is 1. The molecule has 0 heterocycles. The van der Waals surface area contributed by atoms with Gasteiger partial charge in [-0.3, -0.25) is 0 Å². The summed E-state index contributed by atoms with van der Waals surface area (Å²) in [5.74, 6) is -0.589. The third kappa shape index (κ3) is 4.57. The van der Waals surface area contributed by atoms with Gasteiger partial charge in [0, 0.05) is 6.42 Å². The van der Waals surface area contributed by atoms with Gasteiger partial charge in [-0.2, -0.15) is 0 Å². The van der Waals surface area contributed by atoms with Gasteiger partial charge in [0.1, 0.15) is 5.60 Å². The number of hydrogen-bond acceptors (Lipinski definition) is 3. The fraction of sp³-hybridized carbons (Fsp3) is 0.500. The molecule has 0 saturated heterocycles. The van der Waals surface area contributed by atoms with Crippen LogP contribution in [0.25, 0.3) is 0 Å². The van der Waals surface area contributed by atoms with E-state index in [0.717, 1.165) is 5.56 Å². The van der Waals surface area contributed by atoms with E-state index in [9.17, 15) is 9.90 Å². The largest absolute Gasteiger partial charge is 0.458 e. The second-order valence-corrected chi connectivity index (χ2v) is 5.44. The van der Waals surface area contributed by atoms with Crippen LogP contribution in [0.15, 0.2) is 30.3 Å². The molecule has 0 bridgehead atoms. The van der Waals surface area contributed by atoms with Crippen LogP contribution in [0.2, 0.25) is 0 Å². The Labute approximate surface area is 102 Å². The summed E-state index contributed by atoms with van der Waals surface area (Å²) < 4.78 is 5.19. The van der Waals surface area contributed by atoms with Gasteiger partial charge >= 0.3 is 5.97 Å². The van der Waals surface area contributed by atoms with Crippen molar-refractivity contribution in [3.05, 3.63) is 35.9 Å². The highest BCUT2D eigenvalue weighted by Gasteiger charge is 2.34. The minimum absolute atomic E-state index is 0.253. The second-order valence-electron chi connectivity index (χ2n) is 5.44. The van der Waals surface area contributed by atoms with Gasteiger partial charge in [-0.15, -0.1) is 0 Å². The van der Waals surface area contributed by atoms with E-state index in [1.54, 1.807) is 20.8 Å². The minimum Gasteiger partial charge on any atom is -0.458 e. The number of aliphatic hydroxyl groups is 1. The lowest BCUT2D eigenvalue weighted by molar-refractivity contribution is -0.175. The molecule has 1 unspecified atom stereocenters. The zero-order valence-corrected chi connectivity index (χ0v) is 10.9. The van der Waals surface area contributed by atoms with Crippen molar-refractivity contribution in [3.63, 3.8) is 0 Å². The molecule has 1 aromatic rings. The Morgan fingerprint density at radius 3 is 2.18 bits per heavy atom. The van der Waals surface area contributed by atoms with Crippen LogP contribution in [0, 0.1) is 0 Å². The molecule has 1 N–H and O–H groups in total. The lowest BCUT2D eigenvalue weighted by Crippen LogP contribution is -2.42. The van der Waals surface area contributed by atoms with Gasteiger partial charge in [0.05, 0.1) is 0 Å². The van der Waals surface area contributed by atoms with Crippen LogP contribution in [0.3, 0.4) is 0 Å². The standard InChI is InChI=1S/C14H20O3/c1-13(2,3)17-12(15)14(4,16)10-11-8-6-5-7-9-11/h5-9,16H,10H2,1-4H3. The van der Waals surface area contributed by atoms with Gasteiger partial charge < -0.3 is 9.84 Å². The van der Waals surface area contributed by atoms with E-state index in [1.807, 2.05) is 30.3 Å². The molecule has 0 aliphatic carbocycles. The zero-order valence-electron chi connectivity index (χ0n) is 10.9. The monoisotopic (exact) mass is 236 g/mol. The Morgan fingerprint density at radius 2 is 1.71 bits per heavy atom. The Bertz CT molecular complexity index is 374. The summed E-state index contributed by atoms with van der Waals surface area (Å²) in [6, 6.07) is 9.39. The Morgan fingerprint density at radius 1 is 1.18 bits per heavy atom. The van der Waals surface area contributed by atoms with Gasteiger partial charge in [-0.05, 0) is 33.3 Å². The van der Waals surface area contributed by atoms with Crippen LogP contribution >= 0.6 is 0 Å². The number of rotatable bonds is 3. The molecular formula is C14H20O3. The highest BCUT2D eigenvalue weighted by Crippen LogP contribution is 2.18. The van der Waals surface area contributed by atoms with Gasteiger partial charge in [0.15, 0.2) is 5.60 Å². The average Bonchev–Trinajstić information content (AvgIpc) is 2.15. The molecule has 0 aliphatic rings. The lowest BCUT2D eigenvalue weighted by Gasteiger charge is -2.27. The van der Waals surface area contributed by atoms with E-state index in [-0.39, 0.29) is 6.42 Å². The number of carbonyl (C=O) groups excluding carboxylic acids is 1. The van der Waals surface area contributed by atoms with E-state index >= 15 is 0 Å². The molecular weight excluding hydrogens is 216 g/mol. The molecule has 0 aromatic heterocycles. The van der Waals surface area contributed by atoms with Crippen molar-refractivity contribution in [3.8, 4) is 0 Å². The first-order chi connectivity index (χ1) is 7.71. The molecule has 0 fully saturated rings. The number of esters is 1. The maximum absolute atomic E-state index is 11.8. The van der Waals surface area contributed by atoms with E-state index < -0.39 is 17.2 Å². The van der Waals surface area contributed by atoms with Crippen molar-refractivity contribution < 1.29 is 14.6 Å². The van der Waals surface area contributed by atoms with Crippen LogP contribution in [0.1, 0.15) is 33.3 Å². The highest BCUT2D eigenvalue weighted by molar-refractivity contribution is 5.79. The maximum Gasteiger partial charge on any atom is 0.338 e. The Kier molecular flexibility index (Phi) is 3.94. The third-order valence-corrected chi connectivity index (χ3v) is 2.23. The molecule has 0 saturated carbocycles. The van der Waals surface area contributed by atoms with Crippen molar-refractivity contribution in [1.82, 2.24) is 0 Å². The molecule has 3 heteroatoms. The van der Waals surface area contributed by atoms with E-state index in [1.165, 1.54) is 6.92 Å². The van der Waals surface area contributed by atoms with Crippen LogP contribution in [-0.2, 0) is 16.0 Å². The van der Waals surface area contributed by atoms with E-state index in [2.05, 4.69) is 0 Å². The second kappa shape index (κ2) is 4.88. The summed E-state index contributed by atoms with van der Waals surface area (Å²) in [4.78, 5) is 11.8. The molecule has 0 spiro atoms. The quantitative estimate of drug-likeness (QED) is 0.819. The molecule has 1 aromatic carbocycles. The third-order valence-electron chi connectivity index (χ3n) is 2.23. The summed E-state index contributed by atoms with van der Waals surface area (Å²) in [6.07, 6.45) is 0.253. The SMILES string of the molecule is CC(C)(C)OC(=O)C(C)(O)Cc1ccccc1. The van der Waals surface area contributed by atoms with Gasteiger partial charge in [-0.1, -0.05) is 30.3 Å². The van der Waals surface area contributed by atoms with Crippen molar-refractivity contribution in [2.75, 3.05) is 0 Å². The Balaban J connectivity index is 2.72. The summed E-state index contributed by atoms with van der Waals surface area (Å²) >= 11 is 0. The van der Waals surface area contributed by atoms with Crippen molar-refractivity contribution in [2.24, 2.45) is 0 Å². The number of ether oxygens (including phenoxy) is 1. The predicted molar refractivity (Wildman–Crippen MR) is 66.6 cm³/mol. The molecule has 0 amide bonds. The summed E-state index contributed by atoms with van der Waals surface area (Å²) in [5, 5.41) is 10.1. The molecule has 17 heavy (non-hydrogen) atoms. The van der Waals surface area contributed by atoms with Gasteiger partial charge in [-0.25, -0.2) is 4.79 Å². The maximum atomic E-state index is 11.8. The summed E-state index contributed by atoms with van der Waals surface area (Å²) in [7, 11) is 0. The fourth-order valence-electron chi connectivity index (χ4n) is 1.45. The fourth-order valence-corrected chi connectivity index (χ4v) is 1.45. The molecule has 94 valence electrons. The molecule has 0 aliphatic heterocycles. The van der Waals surface area contributed by atoms with Crippen LogP contribution in [0.5, 0.6) is 0 Å². The Hall–Kier alpha value is -1.35. The first-order valence-electron chi connectivity index (χ1n) is 5.70. The summed E-state index contributed by atoms with van der Waals surface area (Å²) in [5.41, 5.74) is -1.17. The van der Waals surface area contributed by atoms with E-state index in [4.69, 9.17) is 4.74 Å². The summed E-state index contributed by atoms with van der Waals surface area (Å²) in [6.45, 7) is 6.82. The van der Waals surface area contributed by atoms with E-state index in [0.29, 0.717) is 0 Å². The molecule has 3 nitrogen and oxygen atoms in total. The normalized spacial score (nSPS) is 15.1. The van der Waals surface area contributed by atoms with Gasteiger partial charge in [0.25, 0.3) is 0 Å². The van der Waals surface area contributed by atoms with Crippen LogP contribution in [0.4, 0.5) is 0 Å². The topological polar surface area (TPSA) is 46.5 Å². The molecule has 1 rings (SSSR count). The lowest BCUT2D eigenvalue weighted by atomic mass is 9.96. The number of hydrogen-bond donors (Lipinski definition) is 1. The minimum atomic E-state index is -1.49. The number of benzene rings is 1. The van der Waals surface area contributed by atoms with Crippen molar-refractivity contribution in [2.45, 2.75) is 45.3 Å². The van der Waals surface area contributed by atoms with Crippen molar-refractivity contribution >= 4 is 5.97 Å². The first kappa shape index (κ1) is 13.7. The van der Waals surface area contributed by atoms with Gasteiger partial charge in [0.2, 0.25) is 0 Å². The highest BCUT2D eigenvalue weighted by atomic mass is 16.6. The predicted octanol–water partition coefficient (Wildman–Crippen LogP) is 2.32. The zero-order chi connectivity index (χ0) is 13.1. The smallest absolute Gasteiger partial charge is 0.338 e. The molecule has 1 atom stereocenters. The van der Waals surface area contributed by atoms with Crippen molar-refractivity contribution in [1.29, 1.82) is 0 Å². The average molecular weight is 236 g/mol. The van der Waals surface area contributed by atoms with Crippen LogP contribution in [-0.4, -0.2) is 22.3 Å². The first-order valence-corrected chi connectivity index (χ1v) is 5.70.